The van der Waals surface area contributed by atoms with E-state index in [1.165, 1.54) is 0 Å². The molecule has 0 aliphatic rings. The van der Waals surface area contributed by atoms with Crippen LogP contribution in [0.4, 0.5) is 13.2 Å². The molecule has 0 aliphatic carbocycles. The van der Waals surface area contributed by atoms with Crippen LogP contribution in [0.25, 0.3) is 5.69 Å². The number of nitrogens with zero attached hydrogens (tertiary/aromatic N) is 3. The number of rotatable bonds is 5. The van der Waals surface area contributed by atoms with Gasteiger partial charge >= 0.3 is 6.18 Å². The Morgan fingerprint density at radius 1 is 1.25 bits per heavy atom. The fourth-order valence-electron chi connectivity index (χ4n) is 2.11. The molecule has 0 spiro atoms. The van der Waals surface area contributed by atoms with Crippen molar-refractivity contribution in [2.45, 2.75) is 32.8 Å². The van der Waals surface area contributed by atoms with E-state index < -0.39 is 23.5 Å². The molecule has 127 valence electrons. The van der Waals surface area contributed by atoms with Crippen LogP contribution in [0, 0.1) is 0 Å². The van der Waals surface area contributed by atoms with Gasteiger partial charge in [-0.15, -0.1) is 10.2 Å². The van der Waals surface area contributed by atoms with Gasteiger partial charge in [-0.25, -0.2) is 0 Å². The van der Waals surface area contributed by atoms with Gasteiger partial charge in [0.15, 0.2) is 18.7 Å². The first-order valence-corrected chi connectivity index (χ1v) is 7.50. The lowest BCUT2D eigenvalue weighted by molar-refractivity contribution is -0.141. The van der Waals surface area contributed by atoms with Gasteiger partial charge in [0.1, 0.15) is 0 Å². The minimum Gasteiger partial charge on any atom is -0.351 e. The van der Waals surface area contributed by atoms with E-state index in [2.05, 4.69) is 15.5 Å². The van der Waals surface area contributed by atoms with Crippen LogP contribution in [0.15, 0.2) is 24.3 Å². The number of benzene rings is 1. The van der Waals surface area contributed by atoms with Gasteiger partial charge in [0, 0.05) is 6.54 Å². The molecule has 1 amide bonds. The van der Waals surface area contributed by atoms with E-state index in [0.717, 1.165) is 10.3 Å². The van der Waals surface area contributed by atoms with Crippen LogP contribution in [0.1, 0.15) is 37.0 Å². The highest BCUT2D eigenvalue weighted by Crippen LogP contribution is 2.30. The van der Waals surface area contributed by atoms with Crippen molar-refractivity contribution in [3.63, 3.8) is 0 Å². The predicted molar refractivity (Wildman–Crippen MR) is 84.9 cm³/mol. The molecule has 24 heavy (non-hydrogen) atoms. The van der Waals surface area contributed by atoms with Crippen LogP contribution in [0.2, 0.25) is 5.82 Å². The average Bonchev–Trinajstić information content (AvgIpc) is 2.93. The zero-order valence-corrected chi connectivity index (χ0v) is 13.6. The number of hydrogen-bond acceptors (Lipinski definition) is 3. The first-order chi connectivity index (χ1) is 11.2. The van der Waals surface area contributed by atoms with Crippen molar-refractivity contribution in [3.05, 3.63) is 35.7 Å². The number of amides is 1. The van der Waals surface area contributed by atoms with Crippen molar-refractivity contribution in [2.75, 3.05) is 6.54 Å². The molecule has 2 rings (SSSR count). The summed E-state index contributed by atoms with van der Waals surface area (Å²) in [5.74, 6) is -0.555. The molecular weight excluding hydrogens is 320 g/mol. The average molecular weight is 337 g/mol. The molecule has 0 bridgehead atoms. The van der Waals surface area contributed by atoms with Crippen LogP contribution < -0.4 is 10.8 Å². The highest BCUT2D eigenvalue weighted by atomic mass is 19.4. The third-order valence-corrected chi connectivity index (χ3v) is 3.08. The summed E-state index contributed by atoms with van der Waals surface area (Å²) in [4.78, 5) is 12.6. The molecule has 2 aromatic rings. The molecule has 0 saturated carbocycles. The Hall–Kier alpha value is -2.32. The van der Waals surface area contributed by atoms with E-state index in [4.69, 9.17) is 0 Å². The van der Waals surface area contributed by atoms with Crippen LogP contribution in [0.5, 0.6) is 0 Å². The van der Waals surface area contributed by atoms with Crippen LogP contribution in [-0.4, -0.2) is 34.7 Å². The van der Waals surface area contributed by atoms with E-state index in [9.17, 15) is 18.0 Å². The summed E-state index contributed by atoms with van der Waals surface area (Å²) in [5.41, 5.74) is -0.744. The summed E-state index contributed by atoms with van der Waals surface area (Å²) in [5, 5.41) is 9.48. The summed E-state index contributed by atoms with van der Waals surface area (Å²) in [6.07, 6.45) is -4.76. The zero-order valence-electron chi connectivity index (χ0n) is 13.6. The minimum absolute atomic E-state index is 0.197. The number of alkyl halides is 3. The van der Waals surface area contributed by atoms with Crippen molar-refractivity contribution in [1.82, 2.24) is 20.3 Å². The number of hydrogen-bond donors (Lipinski definition) is 1. The van der Waals surface area contributed by atoms with Crippen molar-refractivity contribution >= 4 is 18.6 Å². The normalized spacial score (nSPS) is 11.6. The summed E-state index contributed by atoms with van der Waals surface area (Å²) in [6.45, 7) is 5.86. The summed E-state index contributed by atoms with van der Waals surface area (Å²) >= 11 is 0. The smallest absolute Gasteiger partial charge is 0.351 e. The molecule has 0 fully saturated rings. The molecule has 0 atom stereocenters. The molecule has 1 aromatic carbocycles. The van der Waals surface area contributed by atoms with Crippen LogP contribution >= 0.6 is 0 Å². The van der Waals surface area contributed by atoms with Gasteiger partial charge in [-0.2, -0.15) is 18.0 Å². The Labute approximate surface area is 138 Å². The number of carbonyl (C=O) groups excluding carboxylic acids is 1. The maximum Gasteiger partial charge on any atom is 0.437 e. The molecule has 0 unspecified atom stereocenters. The van der Waals surface area contributed by atoms with E-state index in [0.29, 0.717) is 11.5 Å². The molecule has 9 heteroatoms. The van der Waals surface area contributed by atoms with Crippen molar-refractivity contribution < 1.29 is 18.0 Å². The maximum atomic E-state index is 13.1. The molecule has 0 aliphatic heterocycles. The lowest BCUT2D eigenvalue weighted by atomic mass is 9.61. The standard InChI is InChI=1S/C15H17BF3N4O/c1-4-20-14(24)12-13(15(17,18)19)22-23(21-12)11-7-5-10(6-8-11)16-9(2)3/h5-9H,4H2,1-3H3,(H,20,24). The fraction of sp³-hybridized carbons (Fsp3) is 0.400. The molecule has 1 radical (unpaired) electrons. The van der Waals surface area contributed by atoms with Gasteiger partial charge in [-0.1, -0.05) is 37.3 Å². The lowest BCUT2D eigenvalue weighted by Crippen LogP contribution is -2.26. The van der Waals surface area contributed by atoms with E-state index in [1.54, 1.807) is 31.2 Å². The SMILES string of the molecule is CCNC(=O)c1nn(-c2ccc([B]C(C)C)cc2)nc1C(F)(F)F. The second-order valence-electron chi connectivity index (χ2n) is 5.55. The second-order valence-corrected chi connectivity index (χ2v) is 5.55. The molecule has 1 N–H and O–H groups in total. The Bertz CT molecular complexity index is 710. The lowest BCUT2D eigenvalue weighted by Gasteiger charge is -2.05. The first-order valence-electron chi connectivity index (χ1n) is 7.50. The monoisotopic (exact) mass is 337 g/mol. The Morgan fingerprint density at radius 3 is 2.38 bits per heavy atom. The third-order valence-electron chi connectivity index (χ3n) is 3.08. The number of halogens is 3. The predicted octanol–water partition coefficient (Wildman–Crippen LogP) is 2.19. The van der Waals surface area contributed by atoms with Gasteiger partial charge in [0.25, 0.3) is 5.91 Å². The van der Waals surface area contributed by atoms with Gasteiger partial charge in [0.05, 0.1) is 5.69 Å². The maximum absolute atomic E-state index is 13.1. The molecule has 5 nitrogen and oxygen atoms in total. The van der Waals surface area contributed by atoms with Gasteiger partial charge in [-0.3, -0.25) is 4.79 Å². The van der Waals surface area contributed by atoms with E-state index >= 15 is 0 Å². The van der Waals surface area contributed by atoms with E-state index in [-0.39, 0.29) is 6.54 Å². The third kappa shape index (κ3) is 4.15. The zero-order chi connectivity index (χ0) is 17.9. The Kier molecular flexibility index (Phi) is 5.31. The number of carbonyl (C=O) groups is 1. The van der Waals surface area contributed by atoms with Gasteiger partial charge in [0.2, 0.25) is 0 Å². The fourth-order valence-corrected chi connectivity index (χ4v) is 2.11. The van der Waals surface area contributed by atoms with Gasteiger partial charge in [-0.05, 0) is 19.1 Å². The van der Waals surface area contributed by atoms with Crippen LogP contribution in [-0.2, 0) is 6.18 Å². The van der Waals surface area contributed by atoms with E-state index in [1.807, 2.05) is 21.1 Å². The van der Waals surface area contributed by atoms with Gasteiger partial charge < -0.3 is 5.32 Å². The minimum atomic E-state index is -4.76. The van der Waals surface area contributed by atoms with Crippen molar-refractivity contribution in [1.29, 1.82) is 0 Å². The largest absolute Gasteiger partial charge is 0.437 e. The number of nitrogens with one attached hydrogen (secondary N) is 1. The highest BCUT2D eigenvalue weighted by molar-refractivity contribution is 6.54. The molecular formula is C15H17BF3N4O. The summed E-state index contributed by atoms with van der Waals surface area (Å²) < 4.78 is 39.3. The number of aromatic nitrogens is 3. The van der Waals surface area contributed by atoms with Crippen LogP contribution in [0.3, 0.4) is 0 Å². The molecule has 1 aromatic heterocycles. The van der Waals surface area contributed by atoms with Crippen molar-refractivity contribution in [2.24, 2.45) is 0 Å². The summed E-state index contributed by atoms with van der Waals surface area (Å²) in [7, 11) is 2.02. The summed E-state index contributed by atoms with van der Waals surface area (Å²) in [6, 6.07) is 6.74. The highest BCUT2D eigenvalue weighted by Gasteiger charge is 2.40. The topological polar surface area (TPSA) is 59.8 Å². The second kappa shape index (κ2) is 7.06. The van der Waals surface area contributed by atoms with Crippen molar-refractivity contribution in [3.8, 4) is 5.69 Å². The Balaban J connectivity index is 2.39. The Morgan fingerprint density at radius 2 is 1.88 bits per heavy atom. The molecule has 1 heterocycles. The first kappa shape index (κ1) is 18.0. The quantitative estimate of drug-likeness (QED) is 0.851. The molecule has 0 saturated heterocycles.